The molecule has 3 heteroatoms. The number of carbonyl (C=O) groups excluding carboxylic acids is 2. The first kappa shape index (κ1) is 7.88. The summed E-state index contributed by atoms with van der Waals surface area (Å²) in [6, 6.07) is 7.06. The average molecular weight is 187 g/mol. The van der Waals surface area contributed by atoms with E-state index in [1.54, 1.807) is 29.2 Å². The monoisotopic (exact) mass is 187 g/mol. The highest BCUT2D eigenvalue weighted by Gasteiger charge is 2.66. The van der Waals surface area contributed by atoms with Crippen molar-refractivity contribution in [3.8, 4) is 0 Å². The molecule has 1 aromatic carbocycles. The third kappa shape index (κ3) is 0.643. The van der Waals surface area contributed by atoms with Crippen molar-refractivity contribution in [2.24, 2.45) is 0 Å². The number of fused-ring (bicyclic) bond motifs is 1. The summed E-state index contributed by atoms with van der Waals surface area (Å²) in [5.74, 6) is -0.0544. The van der Waals surface area contributed by atoms with Gasteiger partial charge in [0, 0.05) is 17.7 Å². The second-order valence-corrected chi connectivity index (χ2v) is 3.92. The largest absolute Gasteiger partial charge is 0.291 e. The topological polar surface area (TPSA) is 37.1 Å². The molecule has 14 heavy (non-hydrogen) atoms. The number of likely N-dealkylation sites (N-methyl/N-ethyl adjacent to an activating group) is 1. The Morgan fingerprint density at radius 1 is 1.14 bits per heavy atom. The summed E-state index contributed by atoms with van der Waals surface area (Å²) >= 11 is 0. The van der Waals surface area contributed by atoms with Crippen molar-refractivity contribution in [1.82, 2.24) is 4.90 Å². The van der Waals surface area contributed by atoms with Crippen molar-refractivity contribution >= 4 is 11.6 Å². The minimum absolute atomic E-state index is 0.0272. The van der Waals surface area contributed by atoms with Gasteiger partial charge in [-0.2, -0.15) is 0 Å². The fourth-order valence-electron chi connectivity index (χ4n) is 2.23. The molecule has 1 heterocycles. The predicted octanol–water partition coefficient (Wildman–Crippen LogP) is 0.750. The Morgan fingerprint density at radius 2 is 1.57 bits per heavy atom. The molecule has 0 saturated carbocycles. The van der Waals surface area contributed by atoms with Gasteiger partial charge in [0.05, 0.1) is 0 Å². The molecule has 1 saturated heterocycles. The Labute approximate surface area is 81.3 Å². The quantitative estimate of drug-likeness (QED) is 0.444. The van der Waals surface area contributed by atoms with Crippen LogP contribution in [0.3, 0.4) is 0 Å². The van der Waals surface area contributed by atoms with Crippen LogP contribution in [-0.2, 0) is 0 Å². The van der Waals surface area contributed by atoms with Crippen LogP contribution in [-0.4, -0.2) is 35.6 Å². The molecule has 1 aliphatic heterocycles. The highest BCUT2D eigenvalue weighted by atomic mass is 16.2. The number of nitrogens with zero attached hydrogens (tertiary/aromatic N) is 1. The molecule has 1 atom stereocenters. The fourth-order valence-corrected chi connectivity index (χ4v) is 2.23. The summed E-state index contributed by atoms with van der Waals surface area (Å²) in [6.07, 6.45) is 0. The van der Waals surface area contributed by atoms with Gasteiger partial charge in [-0.1, -0.05) is 24.3 Å². The number of hydrogen-bond acceptors (Lipinski definition) is 3. The Bertz CT molecular complexity index is 429. The summed E-state index contributed by atoms with van der Waals surface area (Å²) in [5, 5.41) is 0. The highest BCUT2D eigenvalue weighted by Crippen LogP contribution is 2.43. The van der Waals surface area contributed by atoms with Crippen molar-refractivity contribution in [1.29, 1.82) is 0 Å². The first-order valence-electron chi connectivity index (χ1n) is 4.58. The van der Waals surface area contributed by atoms with E-state index in [2.05, 4.69) is 0 Å². The molecule has 1 aromatic rings. The molecule has 1 aliphatic carbocycles. The zero-order valence-electron chi connectivity index (χ0n) is 7.78. The summed E-state index contributed by atoms with van der Waals surface area (Å²) in [6.45, 7) is 0.569. The number of ketones is 2. The number of benzene rings is 1. The molecule has 1 spiro atoms. The standard InChI is InChI=1S/C11H9NO2/c1-12-6-11(12)9(13)7-4-2-3-5-8(7)10(11)14/h2-5H,6H2,1H3. The predicted molar refractivity (Wildman–Crippen MR) is 50.5 cm³/mol. The van der Waals surface area contributed by atoms with Gasteiger partial charge >= 0.3 is 0 Å². The van der Waals surface area contributed by atoms with E-state index in [0.717, 1.165) is 0 Å². The second kappa shape index (κ2) is 2.12. The zero-order chi connectivity index (χ0) is 9.92. The van der Waals surface area contributed by atoms with Crippen LogP contribution < -0.4 is 0 Å². The third-order valence-electron chi connectivity index (χ3n) is 3.18. The van der Waals surface area contributed by atoms with Gasteiger partial charge in [0.1, 0.15) is 0 Å². The summed E-state index contributed by atoms with van der Waals surface area (Å²) in [7, 11) is 1.81. The minimum atomic E-state index is -0.816. The smallest absolute Gasteiger partial charge is 0.193 e. The van der Waals surface area contributed by atoms with Crippen LogP contribution in [0.25, 0.3) is 0 Å². The number of carbonyl (C=O) groups is 2. The van der Waals surface area contributed by atoms with Crippen molar-refractivity contribution in [2.75, 3.05) is 13.6 Å². The van der Waals surface area contributed by atoms with Crippen LogP contribution in [0.4, 0.5) is 0 Å². The lowest BCUT2D eigenvalue weighted by molar-refractivity contribution is 0.0841. The lowest BCUT2D eigenvalue weighted by atomic mass is 10.1. The van der Waals surface area contributed by atoms with Crippen LogP contribution in [0.2, 0.25) is 0 Å². The Hall–Kier alpha value is -1.48. The maximum absolute atomic E-state index is 11.9. The van der Waals surface area contributed by atoms with Gasteiger partial charge in [-0.05, 0) is 7.05 Å². The van der Waals surface area contributed by atoms with Gasteiger partial charge in [-0.25, -0.2) is 0 Å². The highest BCUT2D eigenvalue weighted by molar-refractivity contribution is 6.35. The molecule has 3 nitrogen and oxygen atoms in total. The molecule has 3 rings (SSSR count). The van der Waals surface area contributed by atoms with E-state index >= 15 is 0 Å². The molecule has 0 amide bonds. The normalized spacial score (nSPS) is 26.8. The first-order valence-corrected chi connectivity index (χ1v) is 4.58. The van der Waals surface area contributed by atoms with E-state index in [1.165, 1.54) is 0 Å². The van der Waals surface area contributed by atoms with Crippen LogP contribution in [0.5, 0.6) is 0 Å². The Kier molecular flexibility index (Phi) is 1.19. The van der Waals surface area contributed by atoms with Crippen LogP contribution >= 0.6 is 0 Å². The molecule has 0 aromatic heterocycles. The Morgan fingerprint density at radius 3 is 1.93 bits per heavy atom. The number of rotatable bonds is 0. The van der Waals surface area contributed by atoms with Crippen LogP contribution in [0.1, 0.15) is 20.7 Å². The van der Waals surface area contributed by atoms with E-state index < -0.39 is 5.54 Å². The molecule has 1 unspecified atom stereocenters. The summed E-state index contributed by atoms with van der Waals surface area (Å²) < 4.78 is 0. The maximum atomic E-state index is 11.9. The molecular formula is C11H9NO2. The Balaban J connectivity index is 2.25. The van der Waals surface area contributed by atoms with Crippen molar-refractivity contribution in [3.63, 3.8) is 0 Å². The van der Waals surface area contributed by atoms with Gasteiger partial charge in [-0.15, -0.1) is 0 Å². The van der Waals surface area contributed by atoms with E-state index in [1.807, 2.05) is 7.05 Å². The third-order valence-corrected chi connectivity index (χ3v) is 3.18. The van der Waals surface area contributed by atoms with Crippen LogP contribution in [0, 0.1) is 0 Å². The molecule has 2 aliphatic rings. The first-order chi connectivity index (χ1) is 6.68. The second-order valence-electron chi connectivity index (χ2n) is 3.92. The van der Waals surface area contributed by atoms with Crippen molar-refractivity contribution < 1.29 is 9.59 Å². The van der Waals surface area contributed by atoms with Gasteiger partial charge in [-0.3, -0.25) is 14.5 Å². The lowest BCUT2D eigenvalue weighted by Crippen LogP contribution is -2.30. The zero-order valence-corrected chi connectivity index (χ0v) is 7.78. The van der Waals surface area contributed by atoms with Gasteiger partial charge < -0.3 is 0 Å². The summed E-state index contributed by atoms with van der Waals surface area (Å²) in [5.41, 5.74) is 0.354. The molecule has 0 N–H and O–H groups in total. The van der Waals surface area contributed by atoms with Crippen molar-refractivity contribution in [3.05, 3.63) is 35.4 Å². The van der Waals surface area contributed by atoms with Gasteiger partial charge in [0.25, 0.3) is 0 Å². The lowest BCUT2D eigenvalue weighted by Gasteiger charge is -2.01. The van der Waals surface area contributed by atoms with Crippen molar-refractivity contribution in [2.45, 2.75) is 5.54 Å². The van der Waals surface area contributed by atoms with E-state index in [9.17, 15) is 9.59 Å². The summed E-state index contributed by atoms with van der Waals surface area (Å²) in [4.78, 5) is 25.7. The maximum Gasteiger partial charge on any atom is 0.193 e. The molecular weight excluding hydrogens is 178 g/mol. The van der Waals surface area contributed by atoms with Gasteiger partial charge in [0.2, 0.25) is 0 Å². The molecule has 70 valence electrons. The van der Waals surface area contributed by atoms with E-state index in [0.29, 0.717) is 17.7 Å². The number of hydrogen-bond donors (Lipinski definition) is 0. The van der Waals surface area contributed by atoms with Crippen LogP contribution in [0.15, 0.2) is 24.3 Å². The van der Waals surface area contributed by atoms with E-state index in [-0.39, 0.29) is 11.6 Å². The number of Topliss-reactive ketones (excluding diaryl/α,β-unsaturated/α-hetero) is 2. The van der Waals surface area contributed by atoms with Gasteiger partial charge in [0.15, 0.2) is 17.1 Å². The minimum Gasteiger partial charge on any atom is -0.291 e. The molecule has 1 fully saturated rings. The molecule has 0 radical (unpaired) electrons. The van der Waals surface area contributed by atoms with E-state index in [4.69, 9.17) is 0 Å². The molecule has 0 bridgehead atoms. The average Bonchev–Trinajstić information content (AvgIpc) is 2.84. The SMILES string of the molecule is CN1CC12C(=O)c1ccccc1C2=O. The fraction of sp³-hybridized carbons (Fsp3) is 0.273.